The number of hydrogen-bond acceptors (Lipinski definition) is 10. The highest BCUT2D eigenvalue weighted by Gasteiger charge is 2.45. The van der Waals surface area contributed by atoms with Crippen LogP contribution in [0.2, 0.25) is 0 Å². The van der Waals surface area contributed by atoms with E-state index in [4.69, 9.17) is 14.2 Å². The van der Waals surface area contributed by atoms with E-state index in [0.29, 0.717) is 32.4 Å². The van der Waals surface area contributed by atoms with Gasteiger partial charge in [-0.2, -0.15) is 4.31 Å². The molecule has 3 aromatic rings. The number of hydrogen-bond donors (Lipinski definition) is 3. The lowest BCUT2D eigenvalue weighted by Crippen LogP contribution is -2.47. The first-order valence-corrected chi connectivity index (χ1v) is 18.7. The van der Waals surface area contributed by atoms with E-state index in [1.807, 2.05) is 37.4 Å². The van der Waals surface area contributed by atoms with Gasteiger partial charge in [-0.3, -0.25) is 0 Å². The van der Waals surface area contributed by atoms with Gasteiger partial charge in [0.25, 0.3) is 0 Å². The molecule has 1 amide bonds. The van der Waals surface area contributed by atoms with Crippen LogP contribution in [0, 0.1) is 0 Å². The lowest BCUT2D eigenvalue weighted by Gasteiger charge is -2.38. The second-order valence-corrected chi connectivity index (χ2v) is 16.0. The Morgan fingerprint density at radius 2 is 1.68 bits per heavy atom. The highest BCUT2D eigenvalue weighted by Crippen LogP contribution is 2.37. The minimum absolute atomic E-state index is 0.0941. The number of carbonyl (C=O) groups is 1. The second-order valence-electron chi connectivity index (χ2n) is 12.0. The summed E-state index contributed by atoms with van der Waals surface area (Å²) in [6.07, 6.45) is 0.726. The molecule has 2 fully saturated rings. The molecule has 0 saturated carbocycles. The molecule has 0 radical (unpaired) electrons. The molecule has 254 valence electrons. The predicted molar refractivity (Wildman–Crippen MR) is 175 cm³/mol. The average molecular weight is 688 g/mol. The zero-order chi connectivity index (χ0) is 33.7. The molecule has 0 aromatic heterocycles. The van der Waals surface area contributed by atoms with Crippen molar-refractivity contribution >= 4 is 26.0 Å². The molecule has 14 heteroatoms. The molecule has 3 aromatic carbocycles. The van der Waals surface area contributed by atoms with Crippen molar-refractivity contribution in [3.8, 4) is 16.9 Å². The van der Waals surface area contributed by atoms with Crippen LogP contribution in [0.1, 0.15) is 24.8 Å². The van der Waals surface area contributed by atoms with E-state index in [2.05, 4.69) is 10.6 Å². The molecule has 0 bridgehead atoms. The number of carbonyl (C=O) groups excluding carboxylic acids is 1. The molecule has 2 atom stereocenters. The van der Waals surface area contributed by atoms with Gasteiger partial charge >= 0.3 is 6.09 Å². The van der Waals surface area contributed by atoms with Crippen molar-refractivity contribution in [3.63, 3.8) is 0 Å². The normalized spacial score (nSPS) is 18.9. The summed E-state index contributed by atoms with van der Waals surface area (Å²) in [7, 11) is -5.23. The third-order valence-corrected chi connectivity index (χ3v) is 11.4. The van der Waals surface area contributed by atoms with Gasteiger partial charge in [-0.25, -0.2) is 21.6 Å². The zero-order valence-corrected chi connectivity index (χ0v) is 28.1. The Morgan fingerprint density at radius 3 is 2.38 bits per heavy atom. The van der Waals surface area contributed by atoms with Crippen molar-refractivity contribution < 1.29 is 40.9 Å². The number of aliphatic hydroxyl groups is 1. The van der Waals surface area contributed by atoms with E-state index in [-0.39, 0.29) is 41.4 Å². The molecule has 2 saturated heterocycles. The van der Waals surface area contributed by atoms with Gasteiger partial charge in [0.05, 0.1) is 28.0 Å². The number of nitrogens with zero attached hydrogens (tertiary/aromatic N) is 1. The molecule has 12 nitrogen and oxygen atoms in total. The fourth-order valence-corrected chi connectivity index (χ4v) is 7.98. The van der Waals surface area contributed by atoms with E-state index in [9.17, 15) is 26.7 Å². The van der Waals surface area contributed by atoms with Crippen LogP contribution < -0.4 is 15.4 Å². The monoisotopic (exact) mass is 687 g/mol. The van der Waals surface area contributed by atoms with Gasteiger partial charge in [-0.15, -0.1) is 0 Å². The number of nitrogens with one attached hydrogen (secondary N) is 2. The summed E-state index contributed by atoms with van der Waals surface area (Å²) in [5, 5.41) is 16.1. The number of ether oxygens (including phenoxy) is 3. The van der Waals surface area contributed by atoms with E-state index in [0.717, 1.165) is 29.5 Å². The Kier molecular flexibility index (Phi) is 10.9. The van der Waals surface area contributed by atoms with Crippen LogP contribution in [0.15, 0.2) is 82.6 Å². The van der Waals surface area contributed by atoms with E-state index in [1.54, 1.807) is 24.3 Å². The van der Waals surface area contributed by atoms with Crippen LogP contribution in [0.25, 0.3) is 11.1 Å². The van der Waals surface area contributed by atoms with E-state index < -0.39 is 37.7 Å². The van der Waals surface area contributed by atoms with Gasteiger partial charge in [0.15, 0.2) is 9.84 Å². The van der Waals surface area contributed by atoms with Crippen molar-refractivity contribution in [2.45, 2.75) is 53.3 Å². The number of benzene rings is 3. The van der Waals surface area contributed by atoms with Crippen molar-refractivity contribution in [1.82, 2.24) is 14.9 Å². The lowest BCUT2D eigenvalue weighted by atomic mass is 9.88. The first-order chi connectivity index (χ1) is 22.4. The lowest BCUT2D eigenvalue weighted by molar-refractivity contribution is -0.0312. The third-order valence-electron chi connectivity index (χ3n) is 8.39. The zero-order valence-electron chi connectivity index (χ0n) is 26.4. The third kappa shape index (κ3) is 8.89. The minimum atomic E-state index is -3.72. The summed E-state index contributed by atoms with van der Waals surface area (Å²) in [6.45, 7) is 1.07. The Labute approximate surface area is 276 Å². The molecular weight excluding hydrogens is 647 g/mol. The largest absolute Gasteiger partial charge is 0.491 e. The number of amides is 1. The van der Waals surface area contributed by atoms with Crippen LogP contribution >= 0.6 is 0 Å². The van der Waals surface area contributed by atoms with Gasteiger partial charge in [0.2, 0.25) is 10.0 Å². The Morgan fingerprint density at radius 1 is 0.979 bits per heavy atom. The van der Waals surface area contributed by atoms with Gasteiger partial charge < -0.3 is 30.0 Å². The topological polar surface area (TPSA) is 161 Å². The molecule has 47 heavy (non-hydrogen) atoms. The maximum Gasteiger partial charge on any atom is 0.407 e. The molecule has 2 heterocycles. The number of sulfone groups is 1. The number of piperidine rings is 1. The maximum atomic E-state index is 13.6. The number of rotatable bonds is 12. The summed E-state index contributed by atoms with van der Waals surface area (Å²) in [4.78, 5) is 12.8. The van der Waals surface area contributed by atoms with Crippen molar-refractivity contribution in [2.24, 2.45) is 0 Å². The van der Waals surface area contributed by atoms with Crippen molar-refractivity contribution in [1.29, 1.82) is 0 Å². The number of alkyl carbamates (subject to hydrolysis) is 1. The van der Waals surface area contributed by atoms with Crippen LogP contribution in [0.5, 0.6) is 5.75 Å². The summed E-state index contributed by atoms with van der Waals surface area (Å²) in [5.74, 6) is 0.267. The SMILES string of the molecule is CNCc1ccc(-c2cccc(S(=O)(=O)N3CCC4(CC3)CC(NC(=O)OCC(O)COc3cccc(S(C)(=O)=O)c3)CO4)c2)cc1. The summed E-state index contributed by atoms with van der Waals surface area (Å²) >= 11 is 0. The smallest absolute Gasteiger partial charge is 0.407 e. The van der Waals surface area contributed by atoms with Crippen LogP contribution in [0.4, 0.5) is 4.79 Å². The van der Waals surface area contributed by atoms with Crippen LogP contribution in [-0.4, -0.2) is 96.3 Å². The van der Waals surface area contributed by atoms with Gasteiger partial charge in [-0.05, 0) is 73.3 Å². The highest BCUT2D eigenvalue weighted by molar-refractivity contribution is 7.90. The molecule has 2 unspecified atom stereocenters. The van der Waals surface area contributed by atoms with Crippen molar-refractivity contribution in [3.05, 3.63) is 78.4 Å². The molecule has 2 aliphatic heterocycles. The first-order valence-electron chi connectivity index (χ1n) is 15.4. The Bertz CT molecular complexity index is 1760. The fraction of sp³-hybridized carbons (Fsp3) is 0.424. The quantitative estimate of drug-likeness (QED) is 0.258. The van der Waals surface area contributed by atoms with Crippen LogP contribution in [0.3, 0.4) is 0 Å². The van der Waals surface area contributed by atoms with Crippen LogP contribution in [-0.2, 0) is 35.9 Å². The maximum absolute atomic E-state index is 13.6. The summed E-state index contributed by atoms with van der Waals surface area (Å²) in [5.41, 5.74) is 2.36. The fourth-order valence-electron chi connectivity index (χ4n) is 5.84. The molecular formula is C33H41N3O9S2. The number of aliphatic hydroxyl groups excluding tert-OH is 1. The first kappa shape index (κ1) is 34.8. The highest BCUT2D eigenvalue weighted by atomic mass is 32.2. The standard InChI is InChI=1S/C33H41N3O9S2/c1-34-20-24-9-11-25(12-10-24)26-5-3-8-31(17-26)47(41,42)36-15-13-33(14-16-36)19-27(21-45-33)35-32(38)44-23-28(37)22-43-29-6-4-7-30(18-29)46(2,39)40/h3-12,17-18,27-28,34,37H,13-16,19-23H2,1-2H3,(H,35,38). The van der Waals surface area contributed by atoms with Gasteiger partial charge in [0.1, 0.15) is 25.1 Å². The second kappa shape index (κ2) is 14.7. The number of sulfonamides is 1. The summed E-state index contributed by atoms with van der Waals surface area (Å²) in [6, 6.07) is 20.6. The predicted octanol–water partition coefficient (Wildman–Crippen LogP) is 2.95. The Balaban J connectivity index is 1.07. The molecule has 5 rings (SSSR count). The molecule has 0 aliphatic carbocycles. The minimum Gasteiger partial charge on any atom is -0.491 e. The van der Waals surface area contributed by atoms with E-state index >= 15 is 0 Å². The van der Waals surface area contributed by atoms with E-state index in [1.165, 1.54) is 22.5 Å². The summed E-state index contributed by atoms with van der Waals surface area (Å²) < 4.78 is 68.8. The van der Waals surface area contributed by atoms with Gasteiger partial charge in [0, 0.05) is 25.9 Å². The van der Waals surface area contributed by atoms with Crippen molar-refractivity contribution in [2.75, 3.05) is 46.2 Å². The Hall–Kier alpha value is -3.53. The molecule has 1 spiro atoms. The van der Waals surface area contributed by atoms with Gasteiger partial charge in [-0.1, -0.05) is 42.5 Å². The molecule has 3 N–H and O–H groups in total. The average Bonchev–Trinajstić information content (AvgIpc) is 3.44. The molecule has 2 aliphatic rings.